The van der Waals surface area contributed by atoms with Gasteiger partial charge in [0.05, 0.1) is 10.6 Å². The van der Waals surface area contributed by atoms with E-state index in [1.54, 1.807) is 12.1 Å². The Kier molecular flexibility index (Phi) is 7.43. The highest BCUT2D eigenvalue weighted by Gasteiger charge is 2.21. The molecule has 33 heavy (non-hydrogen) atoms. The predicted octanol–water partition coefficient (Wildman–Crippen LogP) is 5.52. The number of benzene rings is 3. The molecular weight excluding hydrogens is 436 g/mol. The second-order valence-electron chi connectivity index (χ2n) is 8.17. The fraction of sp³-hybridized carbons (Fsp3) is 0.269. The summed E-state index contributed by atoms with van der Waals surface area (Å²) < 4.78 is 34.3. The first kappa shape index (κ1) is 24.3. The van der Waals surface area contributed by atoms with Gasteiger partial charge >= 0.3 is 0 Å². The second kappa shape index (κ2) is 10.1. The molecule has 0 fully saturated rings. The van der Waals surface area contributed by atoms with Crippen molar-refractivity contribution in [3.8, 4) is 5.75 Å². The normalized spacial score (nSPS) is 12.2. The quantitative estimate of drug-likeness (QED) is 0.458. The lowest BCUT2D eigenvalue weighted by molar-refractivity contribution is -0.122. The molecule has 0 aliphatic carbocycles. The van der Waals surface area contributed by atoms with Crippen LogP contribution in [0.25, 0.3) is 0 Å². The van der Waals surface area contributed by atoms with Crippen molar-refractivity contribution in [1.29, 1.82) is 0 Å². The average Bonchev–Trinajstić information content (AvgIpc) is 2.77. The molecule has 3 rings (SSSR count). The number of hydrogen-bond donors (Lipinski definition) is 2. The van der Waals surface area contributed by atoms with E-state index in [0.717, 1.165) is 22.3 Å². The number of sulfonamides is 1. The Labute approximate surface area is 196 Å². The predicted molar refractivity (Wildman–Crippen MR) is 132 cm³/mol. The van der Waals surface area contributed by atoms with Crippen LogP contribution >= 0.6 is 0 Å². The highest BCUT2D eigenvalue weighted by Crippen LogP contribution is 2.25. The third-order valence-electron chi connectivity index (χ3n) is 5.43. The van der Waals surface area contributed by atoms with Gasteiger partial charge in [-0.05, 0) is 86.7 Å². The van der Waals surface area contributed by atoms with Gasteiger partial charge in [0.2, 0.25) is 0 Å². The van der Waals surface area contributed by atoms with Crippen LogP contribution in [0, 0.1) is 27.7 Å². The zero-order chi connectivity index (χ0) is 24.2. The summed E-state index contributed by atoms with van der Waals surface area (Å²) in [5, 5.41) is 2.81. The van der Waals surface area contributed by atoms with Crippen LogP contribution in [0.2, 0.25) is 0 Å². The Balaban J connectivity index is 1.71. The smallest absolute Gasteiger partial charge is 0.265 e. The molecule has 0 aliphatic heterocycles. The van der Waals surface area contributed by atoms with Gasteiger partial charge in [-0.25, -0.2) is 8.42 Å². The van der Waals surface area contributed by atoms with Gasteiger partial charge in [0.1, 0.15) is 5.75 Å². The van der Waals surface area contributed by atoms with Crippen LogP contribution in [0.15, 0.2) is 65.6 Å². The third-order valence-corrected chi connectivity index (χ3v) is 6.79. The highest BCUT2D eigenvalue weighted by molar-refractivity contribution is 7.92. The molecule has 1 amide bonds. The Morgan fingerprint density at radius 2 is 1.55 bits per heavy atom. The molecular formula is C26H30N2O4S. The third kappa shape index (κ3) is 5.93. The summed E-state index contributed by atoms with van der Waals surface area (Å²) in [4.78, 5) is 12.9. The average molecular weight is 467 g/mol. The molecule has 0 saturated heterocycles. The number of amides is 1. The van der Waals surface area contributed by atoms with Crippen molar-refractivity contribution < 1.29 is 17.9 Å². The maximum Gasteiger partial charge on any atom is 0.265 e. The number of ether oxygens (including phenoxy) is 1. The molecule has 2 N–H and O–H groups in total. The van der Waals surface area contributed by atoms with E-state index < -0.39 is 16.1 Å². The Hall–Kier alpha value is -3.32. The van der Waals surface area contributed by atoms with E-state index >= 15 is 0 Å². The van der Waals surface area contributed by atoms with Gasteiger partial charge in [-0.3, -0.25) is 9.52 Å². The molecule has 3 aromatic carbocycles. The summed E-state index contributed by atoms with van der Waals surface area (Å²) in [6, 6.07) is 17.5. The fourth-order valence-electron chi connectivity index (χ4n) is 3.42. The molecule has 0 radical (unpaired) electrons. The van der Waals surface area contributed by atoms with Crippen LogP contribution in [0.4, 0.5) is 11.4 Å². The number of carbonyl (C=O) groups excluding carboxylic acids is 1. The zero-order valence-corrected chi connectivity index (χ0v) is 20.4. The maximum atomic E-state index is 12.8. The molecule has 0 bridgehead atoms. The monoisotopic (exact) mass is 466 g/mol. The van der Waals surface area contributed by atoms with Gasteiger partial charge < -0.3 is 10.1 Å². The van der Waals surface area contributed by atoms with Crippen LogP contribution in [0.1, 0.15) is 35.6 Å². The van der Waals surface area contributed by atoms with E-state index in [1.165, 1.54) is 12.1 Å². The molecule has 0 spiro atoms. The van der Waals surface area contributed by atoms with E-state index in [-0.39, 0.29) is 10.8 Å². The summed E-state index contributed by atoms with van der Waals surface area (Å²) in [5.41, 5.74) is 4.77. The molecule has 6 nitrogen and oxygen atoms in total. The maximum absolute atomic E-state index is 12.8. The van der Waals surface area contributed by atoms with Crippen LogP contribution in [-0.4, -0.2) is 20.4 Å². The van der Waals surface area contributed by atoms with Gasteiger partial charge in [0.25, 0.3) is 15.9 Å². The lowest BCUT2D eigenvalue weighted by atomic mass is 10.1. The summed E-state index contributed by atoms with van der Waals surface area (Å²) in [6.07, 6.45) is -0.176. The molecule has 0 heterocycles. The minimum Gasteiger partial charge on any atom is -0.480 e. The second-order valence-corrected chi connectivity index (χ2v) is 9.85. The van der Waals surface area contributed by atoms with Gasteiger partial charge in [0.15, 0.2) is 6.10 Å². The van der Waals surface area contributed by atoms with Crippen molar-refractivity contribution in [2.24, 2.45) is 0 Å². The van der Waals surface area contributed by atoms with Crippen LogP contribution in [0.5, 0.6) is 5.75 Å². The summed E-state index contributed by atoms with van der Waals surface area (Å²) in [7, 11) is -3.76. The Bertz CT molecular complexity index is 1230. The summed E-state index contributed by atoms with van der Waals surface area (Å²) in [6.45, 7) is 9.50. The first-order valence-corrected chi connectivity index (χ1v) is 12.3. The number of para-hydroxylation sites is 1. The Morgan fingerprint density at radius 3 is 2.15 bits per heavy atom. The minimum absolute atomic E-state index is 0.113. The van der Waals surface area contributed by atoms with E-state index in [4.69, 9.17) is 4.74 Å². The zero-order valence-electron chi connectivity index (χ0n) is 19.6. The molecule has 3 aromatic rings. The summed E-state index contributed by atoms with van der Waals surface area (Å²) >= 11 is 0. The van der Waals surface area contributed by atoms with Crippen LogP contribution < -0.4 is 14.8 Å². The SMILES string of the molecule is CC[C@@H](Oc1cc(C)ccc1C)C(=O)Nc1ccc(S(=O)(=O)Nc2c(C)cccc2C)cc1. The topological polar surface area (TPSA) is 84.5 Å². The van der Waals surface area contributed by atoms with Crippen molar-refractivity contribution in [3.05, 3.63) is 82.9 Å². The Morgan fingerprint density at radius 1 is 0.909 bits per heavy atom. The molecule has 0 saturated carbocycles. The first-order chi connectivity index (χ1) is 15.6. The van der Waals surface area contributed by atoms with Crippen LogP contribution in [0.3, 0.4) is 0 Å². The minimum atomic E-state index is -3.76. The highest BCUT2D eigenvalue weighted by atomic mass is 32.2. The fourth-order valence-corrected chi connectivity index (χ4v) is 4.62. The number of aryl methyl sites for hydroxylation is 4. The molecule has 174 valence electrons. The van der Waals surface area contributed by atoms with Gasteiger partial charge in [-0.15, -0.1) is 0 Å². The molecule has 7 heteroatoms. The number of anilines is 2. The van der Waals surface area contributed by atoms with Gasteiger partial charge in [-0.1, -0.05) is 37.3 Å². The van der Waals surface area contributed by atoms with Crippen molar-refractivity contribution >= 4 is 27.3 Å². The number of nitrogens with one attached hydrogen (secondary N) is 2. The standard InChI is InChI=1S/C26H30N2O4S/c1-6-23(32-24-16-17(2)10-11-18(24)3)26(29)27-21-12-14-22(15-13-21)33(30,31)28-25-19(4)8-7-9-20(25)5/h7-16,23,28H,6H2,1-5H3,(H,27,29)/t23-/m1/s1. The number of hydrogen-bond acceptors (Lipinski definition) is 4. The van der Waals surface area contributed by atoms with Crippen molar-refractivity contribution in [2.75, 3.05) is 10.0 Å². The largest absolute Gasteiger partial charge is 0.480 e. The number of carbonyl (C=O) groups is 1. The van der Waals surface area contributed by atoms with Crippen molar-refractivity contribution in [1.82, 2.24) is 0 Å². The molecule has 1 atom stereocenters. The lowest BCUT2D eigenvalue weighted by Gasteiger charge is -2.19. The molecule has 0 unspecified atom stereocenters. The molecule has 0 aromatic heterocycles. The van der Waals surface area contributed by atoms with Crippen molar-refractivity contribution in [3.63, 3.8) is 0 Å². The van der Waals surface area contributed by atoms with E-state index in [2.05, 4.69) is 10.0 Å². The van der Waals surface area contributed by atoms with Gasteiger partial charge in [0, 0.05) is 5.69 Å². The van der Waals surface area contributed by atoms with E-state index in [0.29, 0.717) is 23.5 Å². The summed E-state index contributed by atoms with van der Waals surface area (Å²) in [5.74, 6) is 0.388. The van der Waals surface area contributed by atoms with Crippen LogP contribution in [-0.2, 0) is 14.8 Å². The lowest BCUT2D eigenvalue weighted by Crippen LogP contribution is -2.32. The molecule has 0 aliphatic rings. The first-order valence-electron chi connectivity index (χ1n) is 10.8. The number of rotatable bonds is 8. The van der Waals surface area contributed by atoms with E-state index in [1.807, 2.05) is 71.0 Å². The van der Waals surface area contributed by atoms with E-state index in [9.17, 15) is 13.2 Å². The van der Waals surface area contributed by atoms with Crippen molar-refractivity contribution in [2.45, 2.75) is 52.0 Å². The van der Waals surface area contributed by atoms with Gasteiger partial charge in [-0.2, -0.15) is 0 Å².